The Morgan fingerprint density at radius 1 is 0.905 bits per heavy atom. The van der Waals surface area contributed by atoms with Gasteiger partial charge in [0.05, 0.1) is 6.04 Å². The van der Waals surface area contributed by atoms with Gasteiger partial charge in [0.1, 0.15) is 6.54 Å². The number of allylic oxidation sites excluding steroid dienone is 4. The molecule has 0 aromatic heterocycles. The van der Waals surface area contributed by atoms with Crippen molar-refractivity contribution in [1.29, 1.82) is 0 Å². The minimum absolute atomic E-state index is 0. The second kappa shape index (κ2) is 21.0. The summed E-state index contributed by atoms with van der Waals surface area (Å²) in [7, 11) is 0. The summed E-state index contributed by atoms with van der Waals surface area (Å²) in [6, 6.07) is 11.2. The topological polar surface area (TPSA) is 56.4 Å². The third-order valence-electron chi connectivity index (χ3n) is 2.22. The van der Waals surface area contributed by atoms with Crippen molar-refractivity contribution in [2.45, 2.75) is 26.4 Å². The van der Waals surface area contributed by atoms with Gasteiger partial charge in [0.2, 0.25) is 0 Å². The Hall–Kier alpha value is -1.34. The molecular formula is C17H21FeNO2+. The van der Waals surface area contributed by atoms with Crippen molar-refractivity contribution in [3.05, 3.63) is 79.9 Å². The molecule has 0 atom stereocenters. The first-order valence-electron chi connectivity index (χ1n) is 6.24. The Morgan fingerprint density at radius 3 is 1.71 bits per heavy atom. The van der Waals surface area contributed by atoms with E-state index in [1.807, 2.05) is 30.7 Å². The van der Waals surface area contributed by atoms with Gasteiger partial charge in [-0.1, -0.05) is 54.6 Å². The molecule has 2 rings (SSSR count). The molecule has 1 aliphatic carbocycles. The quantitative estimate of drug-likeness (QED) is 0.504. The molecule has 1 radical (unpaired) electrons. The van der Waals surface area contributed by atoms with E-state index in [9.17, 15) is 0 Å². The molecule has 1 aliphatic rings. The Labute approximate surface area is 138 Å². The molecule has 21 heavy (non-hydrogen) atoms. The average molecular weight is 327 g/mol. The molecule has 1 aromatic rings. The van der Waals surface area contributed by atoms with Crippen LogP contribution >= 0.6 is 0 Å². The van der Waals surface area contributed by atoms with Gasteiger partial charge in [-0.2, -0.15) is 0 Å². The number of nitrogens with two attached hydrogens (primary N) is 1. The van der Waals surface area contributed by atoms with Gasteiger partial charge in [-0.3, -0.25) is 0 Å². The minimum Gasteiger partial charge on any atom is -0.0767 e. The van der Waals surface area contributed by atoms with Gasteiger partial charge < -0.3 is 5.32 Å². The second-order valence-electron chi connectivity index (χ2n) is 4.13. The van der Waals surface area contributed by atoms with E-state index in [1.54, 1.807) is 0 Å². The molecular weight excluding hydrogens is 306 g/mol. The van der Waals surface area contributed by atoms with E-state index in [4.69, 9.17) is 9.30 Å². The number of hydrogen-bond acceptors (Lipinski definition) is 0. The van der Waals surface area contributed by atoms with E-state index >= 15 is 0 Å². The van der Waals surface area contributed by atoms with Crippen molar-refractivity contribution in [3.63, 3.8) is 0 Å². The summed E-state index contributed by atoms with van der Waals surface area (Å²) in [5, 5.41) is 2.33. The molecule has 2 N–H and O–H groups in total. The standard InChI is InChI=1S/C10H15N.C5H5.2CO.Fe/c1-9(2)11-8-10-6-4-3-5-7-10;1-2-4-5-3-1;2*1-2;/h3-7,9,11H,8H2,1-2H3;1-5H;;;/p+1. The summed E-state index contributed by atoms with van der Waals surface area (Å²) in [5.74, 6) is 0. The summed E-state index contributed by atoms with van der Waals surface area (Å²) in [6.07, 6.45) is 10.0. The van der Waals surface area contributed by atoms with Crippen LogP contribution < -0.4 is 5.32 Å². The Bertz CT molecular complexity index is 393. The van der Waals surface area contributed by atoms with Crippen LogP contribution in [0.25, 0.3) is 0 Å². The Balaban J connectivity index is -0.000000273. The molecule has 113 valence electrons. The first kappa shape index (κ1) is 24.7. The van der Waals surface area contributed by atoms with Crippen LogP contribution in [0.2, 0.25) is 0 Å². The summed E-state index contributed by atoms with van der Waals surface area (Å²) in [4.78, 5) is 0. The van der Waals surface area contributed by atoms with E-state index in [0.29, 0.717) is 6.04 Å². The van der Waals surface area contributed by atoms with Crippen LogP contribution in [-0.4, -0.2) is 6.04 Å². The Kier molecular flexibility index (Phi) is 24.6. The van der Waals surface area contributed by atoms with Crippen molar-refractivity contribution in [3.8, 4) is 0 Å². The largest absolute Gasteiger partial charge is 0.0767 e. The molecule has 0 unspecified atom stereocenters. The summed E-state index contributed by atoms with van der Waals surface area (Å²) in [6.45, 7) is 14.5. The molecule has 0 fully saturated rings. The van der Waals surface area contributed by atoms with Crippen LogP contribution in [0.5, 0.6) is 0 Å². The molecule has 0 aliphatic heterocycles. The van der Waals surface area contributed by atoms with Gasteiger partial charge in [0.25, 0.3) is 0 Å². The SMILES string of the molecule is CC(C)[NH2+]Cc1ccccc1.[C-]#[O+].[C-]#[O+].[CH]1C=CC=C1.[Fe]. The summed E-state index contributed by atoms with van der Waals surface area (Å²) in [5.41, 5.74) is 1.40. The molecule has 3 nitrogen and oxygen atoms in total. The fraction of sp³-hybridized carbons (Fsp3) is 0.235. The van der Waals surface area contributed by atoms with E-state index in [0.717, 1.165) is 6.54 Å². The van der Waals surface area contributed by atoms with Gasteiger partial charge in [-0.05, 0) is 13.8 Å². The molecule has 1 aromatic carbocycles. The molecule has 0 amide bonds. The predicted molar refractivity (Wildman–Crippen MR) is 77.6 cm³/mol. The zero-order valence-electron chi connectivity index (χ0n) is 12.3. The number of benzene rings is 1. The Morgan fingerprint density at radius 2 is 1.38 bits per heavy atom. The second-order valence-corrected chi connectivity index (χ2v) is 4.13. The number of quaternary nitrogens is 1. The van der Waals surface area contributed by atoms with Crippen molar-refractivity contribution >= 4 is 0 Å². The first-order valence-corrected chi connectivity index (χ1v) is 6.24. The van der Waals surface area contributed by atoms with Crippen LogP contribution in [-0.2, 0) is 32.9 Å². The van der Waals surface area contributed by atoms with Crippen LogP contribution in [0.15, 0.2) is 54.6 Å². The normalized spacial score (nSPS) is 9.86. The van der Waals surface area contributed by atoms with Crippen LogP contribution in [0, 0.1) is 19.7 Å². The van der Waals surface area contributed by atoms with Gasteiger partial charge >= 0.3 is 22.6 Å². The zero-order chi connectivity index (χ0) is 15.6. The fourth-order valence-corrected chi connectivity index (χ4v) is 1.31. The molecule has 0 spiro atoms. The maximum Gasteiger partial charge on any atom is 0.00506 e. The molecule has 0 saturated carbocycles. The van der Waals surface area contributed by atoms with Gasteiger partial charge in [0, 0.05) is 29.1 Å². The predicted octanol–water partition coefficient (Wildman–Crippen LogP) is 2.40. The van der Waals surface area contributed by atoms with Gasteiger partial charge in [-0.25, -0.2) is 0 Å². The van der Waals surface area contributed by atoms with E-state index in [-0.39, 0.29) is 17.1 Å². The van der Waals surface area contributed by atoms with Crippen molar-refractivity contribution in [2.24, 2.45) is 0 Å². The summed E-state index contributed by atoms with van der Waals surface area (Å²) < 4.78 is 15.0. The van der Waals surface area contributed by atoms with E-state index < -0.39 is 0 Å². The monoisotopic (exact) mass is 327 g/mol. The number of rotatable bonds is 3. The average Bonchev–Trinajstić information content (AvgIpc) is 3.10. The molecule has 0 saturated heterocycles. The minimum atomic E-state index is 0. The van der Waals surface area contributed by atoms with E-state index in [2.05, 4.69) is 62.8 Å². The van der Waals surface area contributed by atoms with Crippen LogP contribution in [0.3, 0.4) is 0 Å². The third kappa shape index (κ3) is 18.7. The van der Waals surface area contributed by atoms with Crippen LogP contribution in [0.4, 0.5) is 0 Å². The van der Waals surface area contributed by atoms with Crippen molar-refractivity contribution < 1.29 is 31.7 Å². The number of hydrogen-bond donors (Lipinski definition) is 1. The molecule has 0 bridgehead atoms. The molecule has 4 heteroatoms. The van der Waals surface area contributed by atoms with Crippen molar-refractivity contribution in [1.82, 2.24) is 0 Å². The van der Waals surface area contributed by atoms with Crippen LogP contribution in [0.1, 0.15) is 19.4 Å². The summed E-state index contributed by atoms with van der Waals surface area (Å²) >= 11 is 0. The smallest absolute Gasteiger partial charge is 0.00506 e. The van der Waals surface area contributed by atoms with E-state index in [1.165, 1.54) is 5.56 Å². The van der Waals surface area contributed by atoms with Gasteiger partial charge in [-0.15, -0.1) is 0 Å². The third-order valence-corrected chi connectivity index (χ3v) is 2.22. The van der Waals surface area contributed by atoms with Gasteiger partial charge in [0.15, 0.2) is 0 Å². The first-order chi connectivity index (χ1) is 9.79. The van der Waals surface area contributed by atoms with Crippen molar-refractivity contribution in [2.75, 3.05) is 0 Å². The molecule has 0 heterocycles. The fourth-order valence-electron chi connectivity index (χ4n) is 1.31. The zero-order valence-corrected chi connectivity index (χ0v) is 13.4. The maximum atomic E-state index is 7.50. The maximum absolute atomic E-state index is 7.50.